The highest BCUT2D eigenvalue weighted by Crippen LogP contribution is 2.21. The molecular formula is C17H21N3O3. The first-order valence-corrected chi connectivity index (χ1v) is 7.48. The first-order chi connectivity index (χ1) is 11.1. The fraction of sp³-hybridized carbons (Fsp3) is 0.412. The van der Waals surface area contributed by atoms with E-state index in [1.54, 1.807) is 13.0 Å². The van der Waals surface area contributed by atoms with E-state index in [4.69, 9.17) is 10.5 Å². The molecule has 0 unspecified atom stereocenters. The number of anilines is 1. The molecule has 0 atom stereocenters. The molecule has 0 spiro atoms. The molecule has 0 aromatic heterocycles. The molecule has 1 aromatic rings. The summed E-state index contributed by atoms with van der Waals surface area (Å²) in [5.41, 5.74) is 7.35. The van der Waals surface area contributed by atoms with Gasteiger partial charge in [0.05, 0.1) is 19.2 Å². The van der Waals surface area contributed by atoms with Gasteiger partial charge in [-0.15, -0.1) is 0 Å². The number of ether oxygens (including phenoxy) is 1. The van der Waals surface area contributed by atoms with E-state index in [0.29, 0.717) is 24.2 Å². The molecule has 0 radical (unpaired) electrons. The van der Waals surface area contributed by atoms with E-state index < -0.39 is 5.97 Å². The van der Waals surface area contributed by atoms with Gasteiger partial charge >= 0.3 is 5.97 Å². The van der Waals surface area contributed by atoms with Gasteiger partial charge in [0.15, 0.2) is 0 Å². The van der Waals surface area contributed by atoms with Gasteiger partial charge in [-0.1, -0.05) is 11.8 Å². The second-order valence-electron chi connectivity index (χ2n) is 5.22. The number of carbonyl (C=O) groups excluding carboxylic acids is 2. The molecule has 1 aliphatic rings. The van der Waals surface area contributed by atoms with Crippen LogP contribution in [0.1, 0.15) is 22.8 Å². The third-order valence-corrected chi connectivity index (χ3v) is 3.82. The van der Waals surface area contributed by atoms with Crippen molar-refractivity contribution in [1.29, 1.82) is 0 Å². The summed E-state index contributed by atoms with van der Waals surface area (Å²) in [4.78, 5) is 27.3. The molecule has 2 N–H and O–H groups in total. The Morgan fingerprint density at radius 1 is 1.26 bits per heavy atom. The summed E-state index contributed by atoms with van der Waals surface area (Å²) in [6.07, 6.45) is 0. The molecular weight excluding hydrogens is 294 g/mol. The van der Waals surface area contributed by atoms with Crippen molar-refractivity contribution >= 4 is 17.6 Å². The van der Waals surface area contributed by atoms with Crippen LogP contribution in [0.5, 0.6) is 0 Å². The van der Waals surface area contributed by atoms with Gasteiger partial charge < -0.3 is 20.3 Å². The van der Waals surface area contributed by atoms with Gasteiger partial charge in [-0.05, 0) is 18.2 Å². The highest BCUT2D eigenvalue weighted by atomic mass is 16.5. The molecule has 6 nitrogen and oxygen atoms in total. The maximum absolute atomic E-state index is 12.0. The molecule has 1 saturated heterocycles. The second-order valence-corrected chi connectivity index (χ2v) is 5.22. The van der Waals surface area contributed by atoms with Crippen molar-refractivity contribution in [2.75, 3.05) is 44.7 Å². The quantitative estimate of drug-likeness (QED) is 0.633. The summed E-state index contributed by atoms with van der Waals surface area (Å²) < 4.78 is 4.84. The second kappa shape index (κ2) is 7.65. The lowest BCUT2D eigenvalue weighted by atomic mass is 10.1. The van der Waals surface area contributed by atoms with Crippen molar-refractivity contribution in [2.45, 2.75) is 6.92 Å². The smallest absolute Gasteiger partial charge is 0.339 e. The predicted octanol–water partition coefficient (Wildman–Crippen LogP) is 0.452. The van der Waals surface area contributed by atoms with E-state index in [-0.39, 0.29) is 12.5 Å². The maximum Gasteiger partial charge on any atom is 0.339 e. The Bertz CT molecular complexity index is 653. The Kier molecular flexibility index (Phi) is 5.61. The summed E-state index contributed by atoms with van der Waals surface area (Å²) in [7, 11) is 1.35. The van der Waals surface area contributed by atoms with Crippen molar-refractivity contribution in [3.8, 4) is 11.8 Å². The summed E-state index contributed by atoms with van der Waals surface area (Å²) in [5.74, 6) is 5.32. The molecule has 1 fully saturated rings. The van der Waals surface area contributed by atoms with Crippen molar-refractivity contribution in [3.63, 3.8) is 0 Å². The van der Waals surface area contributed by atoms with Crippen LogP contribution in [0.15, 0.2) is 18.2 Å². The molecule has 1 heterocycles. The molecule has 1 aromatic carbocycles. The Morgan fingerprint density at radius 3 is 2.52 bits per heavy atom. The lowest BCUT2D eigenvalue weighted by molar-refractivity contribution is -0.129. The van der Waals surface area contributed by atoms with Crippen molar-refractivity contribution in [3.05, 3.63) is 29.3 Å². The van der Waals surface area contributed by atoms with E-state index in [2.05, 4.69) is 16.7 Å². The number of piperazine rings is 1. The predicted molar refractivity (Wildman–Crippen MR) is 88.2 cm³/mol. The van der Waals surface area contributed by atoms with Gasteiger partial charge in [0.2, 0.25) is 5.91 Å². The fourth-order valence-corrected chi connectivity index (χ4v) is 2.54. The van der Waals surface area contributed by atoms with Crippen LogP contribution in [0.2, 0.25) is 0 Å². The van der Waals surface area contributed by atoms with Crippen molar-refractivity contribution < 1.29 is 14.3 Å². The number of hydrogen-bond acceptors (Lipinski definition) is 5. The fourth-order valence-electron chi connectivity index (χ4n) is 2.54. The van der Waals surface area contributed by atoms with Gasteiger partial charge in [-0.3, -0.25) is 4.79 Å². The normalized spacial score (nSPS) is 14.0. The van der Waals surface area contributed by atoms with Crippen LogP contribution < -0.4 is 10.6 Å². The van der Waals surface area contributed by atoms with Gasteiger partial charge in [0, 0.05) is 44.4 Å². The number of esters is 1. The number of methoxy groups -OCH3 is 1. The van der Waals surface area contributed by atoms with Crippen LogP contribution in [0, 0.1) is 11.8 Å². The van der Waals surface area contributed by atoms with Crippen LogP contribution >= 0.6 is 0 Å². The SMILES string of the molecule is COC(=O)c1cc(N2CCN(C(C)=O)CC2)ccc1C#CCN. The maximum atomic E-state index is 12.0. The lowest BCUT2D eigenvalue weighted by Crippen LogP contribution is -2.48. The zero-order chi connectivity index (χ0) is 16.8. The van der Waals surface area contributed by atoms with E-state index in [0.717, 1.165) is 18.8 Å². The minimum atomic E-state index is -0.421. The largest absolute Gasteiger partial charge is 0.465 e. The standard InChI is InChI=1S/C17H21N3O3/c1-13(21)19-8-10-20(11-9-19)15-6-5-14(4-3-7-18)16(12-15)17(22)23-2/h5-6,12H,7-11,18H2,1-2H3. The number of carbonyl (C=O) groups is 2. The van der Waals surface area contributed by atoms with E-state index in [1.807, 2.05) is 17.0 Å². The molecule has 0 saturated carbocycles. The Labute approximate surface area is 136 Å². The molecule has 1 aliphatic heterocycles. The summed E-state index contributed by atoms with van der Waals surface area (Å²) in [6, 6.07) is 5.52. The van der Waals surface area contributed by atoms with Crippen LogP contribution in [-0.2, 0) is 9.53 Å². The molecule has 23 heavy (non-hydrogen) atoms. The lowest BCUT2D eigenvalue weighted by Gasteiger charge is -2.35. The van der Waals surface area contributed by atoms with E-state index in [1.165, 1.54) is 7.11 Å². The van der Waals surface area contributed by atoms with Crippen LogP contribution in [0.4, 0.5) is 5.69 Å². The highest BCUT2D eigenvalue weighted by Gasteiger charge is 2.20. The molecule has 6 heteroatoms. The molecule has 122 valence electrons. The topological polar surface area (TPSA) is 75.9 Å². The zero-order valence-corrected chi connectivity index (χ0v) is 13.5. The first kappa shape index (κ1) is 16.8. The van der Waals surface area contributed by atoms with Gasteiger partial charge in [0.1, 0.15) is 0 Å². The summed E-state index contributed by atoms with van der Waals surface area (Å²) in [5, 5.41) is 0. The summed E-state index contributed by atoms with van der Waals surface area (Å²) in [6.45, 7) is 4.63. The number of hydrogen-bond donors (Lipinski definition) is 1. The number of rotatable bonds is 2. The minimum Gasteiger partial charge on any atom is -0.465 e. The Morgan fingerprint density at radius 2 is 1.96 bits per heavy atom. The number of nitrogens with zero attached hydrogens (tertiary/aromatic N) is 2. The molecule has 1 amide bonds. The monoisotopic (exact) mass is 315 g/mol. The van der Waals surface area contributed by atoms with Crippen LogP contribution in [0.25, 0.3) is 0 Å². The highest BCUT2D eigenvalue weighted by molar-refractivity contribution is 5.93. The van der Waals surface area contributed by atoms with E-state index in [9.17, 15) is 9.59 Å². The third-order valence-electron chi connectivity index (χ3n) is 3.82. The van der Waals surface area contributed by atoms with Gasteiger partial charge in [-0.25, -0.2) is 4.79 Å². The van der Waals surface area contributed by atoms with Crippen LogP contribution in [-0.4, -0.2) is 56.6 Å². The minimum absolute atomic E-state index is 0.0901. The Balaban J connectivity index is 2.24. The average molecular weight is 315 g/mol. The zero-order valence-electron chi connectivity index (χ0n) is 13.5. The average Bonchev–Trinajstić information content (AvgIpc) is 2.59. The number of amides is 1. The van der Waals surface area contributed by atoms with Gasteiger partial charge in [-0.2, -0.15) is 0 Å². The van der Waals surface area contributed by atoms with Crippen molar-refractivity contribution in [1.82, 2.24) is 4.90 Å². The molecule has 0 aliphatic carbocycles. The molecule has 2 rings (SSSR count). The van der Waals surface area contributed by atoms with Crippen LogP contribution in [0.3, 0.4) is 0 Å². The number of benzene rings is 1. The first-order valence-electron chi connectivity index (χ1n) is 7.48. The molecule has 0 bridgehead atoms. The third kappa shape index (κ3) is 4.02. The Hall–Kier alpha value is -2.52. The van der Waals surface area contributed by atoms with E-state index >= 15 is 0 Å². The van der Waals surface area contributed by atoms with Gasteiger partial charge in [0.25, 0.3) is 0 Å². The summed E-state index contributed by atoms with van der Waals surface area (Å²) >= 11 is 0. The number of nitrogens with two attached hydrogens (primary N) is 1. The van der Waals surface area contributed by atoms with Crippen molar-refractivity contribution in [2.24, 2.45) is 5.73 Å².